The summed E-state index contributed by atoms with van der Waals surface area (Å²) in [6, 6.07) is 18.1. The number of unbranched alkanes of at least 4 members (excludes halogenated alkanes) is 1. The van der Waals surface area contributed by atoms with Crippen LogP contribution in [0, 0.1) is 5.82 Å². The lowest BCUT2D eigenvalue weighted by molar-refractivity contribution is 0.0953. The molecule has 0 aliphatic carbocycles. The number of carbonyl (C=O) groups is 1. The van der Waals surface area contributed by atoms with Gasteiger partial charge in [-0.2, -0.15) is 0 Å². The van der Waals surface area contributed by atoms with Crippen LogP contribution in [-0.4, -0.2) is 18.2 Å². The molecule has 152 valence electrons. The van der Waals surface area contributed by atoms with Crippen molar-refractivity contribution in [2.45, 2.75) is 29.6 Å². The zero-order valence-corrected chi connectivity index (χ0v) is 18.8. The van der Waals surface area contributed by atoms with Crippen LogP contribution in [0.1, 0.15) is 41.3 Å². The Bertz CT molecular complexity index is 1150. The molecule has 0 saturated heterocycles. The number of benzene rings is 3. The average Bonchev–Trinajstić information content (AvgIpc) is 2.89. The molecule has 6 heteroatoms. The van der Waals surface area contributed by atoms with E-state index in [1.54, 1.807) is 12.1 Å². The van der Waals surface area contributed by atoms with Crippen LogP contribution < -0.4 is 5.32 Å². The molecule has 30 heavy (non-hydrogen) atoms. The molecule has 0 bridgehead atoms. The Morgan fingerprint density at radius 1 is 1.10 bits per heavy atom. The average molecular weight is 483 g/mol. The number of hydrogen-bond acceptors (Lipinski definition) is 3. The zero-order valence-electron chi connectivity index (χ0n) is 16.4. The lowest BCUT2D eigenvalue weighted by Gasteiger charge is -2.09. The molecule has 4 rings (SSSR count). The zero-order chi connectivity index (χ0) is 21.1. The van der Waals surface area contributed by atoms with Crippen molar-refractivity contribution in [2.24, 2.45) is 4.99 Å². The number of fused-ring (bicyclic) bond motifs is 2. The molecule has 3 nitrogen and oxygen atoms in total. The molecule has 0 unspecified atom stereocenters. The molecule has 1 aliphatic rings. The van der Waals surface area contributed by atoms with Crippen LogP contribution in [0.2, 0.25) is 0 Å². The van der Waals surface area contributed by atoms with Crippen molar-refractivity contribution < 1.29 is 9.18 Å². The first-order valence-corrected chi connectivity index (χ1v) is 11.4. The van der Waals surface area contributed by atoms with Gasteiger partial charge in [-0.1, -0.05) is 53.2 Å². The first-order chi connectivity index (χ1) is 14.5. The highest BCUT2D eigenvalue weighted by Gasteiger charge is 2.21. The smallest absolute Gasteiger partial charge is 0.251 e. The highest BCUT2D eigenvalue weighted by molar-refractivity contribution is 9.10. The van der Waals surface area contributed by atoms with Crippen LogP contribution in [0.4, 0.5) is 10.1 Å². The van der Waals surface area contributed by atoms with Gasteiger partial charge in [-0.3, -0.25) is 4.79 Å². The van der Waals surface area contributed by atoms with Crippen molar-refractivity contribution >= 4 is 45.0 Å². The predicted octanol–water partition coefficient (Wildman–Crippen LogP) is 6.75. The minimum Gasteiger partial charge on any atom is -0.352 e. The molecule has 0 fully saturated rings. The van der Waals surface area contributed by atoms with Crippen molar-refractivity contribution in [3.8, 4) is 0 Å². The minimum atomic E-state index is -0.287. The highest BCUT2D eigenvalue weighted by atomic mass is 79.9. The quantitative estimate of drug-likeness (QED) is 0.319. The Kier molecular flexibility index (Phi) is 6.35. The van der Waals surface area contributed by atoms with Crippen LogP contribution in [0.15, 0.2) is 79.9 Å². The van der Waals surface area contributed by atoms with Gasteiger partial charge in [-0.15, -0.1) is 0 Å². The van der Waals surface area contributed by atoms with E-state index in [0.29, 0.717) is 17.8 Å². The molecule has 0 spiro atoms. The maximum absolute atomic E-state index is 14.0. The van der Waals surface area contributed by atoms with Crippen LogP contribution >= 0.6 is 27.7 Å². The topological polar surface area (TPSA) is 41.5 Å². The molecular weight excluding hydrogens is 463 g/mol. The summed E-state index contributed by atoms with van der Waals surface area (Å²) < 4.78 is 14.9. The second kappa shape index (κ2) is 9.14. The largest absolute Gasteiger partial charge is 0.352 e. The fourth-order valence-corrected chi connectivity index (χ4v) is 4.67. The summed E-state index contributed by atoms with van der Waals surface area (Å²) in [5.74, 6) is -0.395. The van der Waals surface area contributed by atoms with E-state index in [-0.39, 0.29) is 11.7 Å². The van der Waals surface area contributed by atoms with Crippen LogP contribution in [0.3, 0.4) is 0 Å². The fourth-order valence-electron chi connectivity index (χ4n) is 3.24. The monoisotopic (exact) mass is 482 g/mol. The summed E-state index contributed by atoms with van der Waals surface area (Å²) in [5, 5.41) is 2.95. The molecule has 1 heterocycles. The number of halogens is 2. The number of amides is 1. The Morgan fingerprint density at radius 2 is 1.97 bits per heavy atom. The molecule has 3 aromatic rings. The van der Waals surface area contributed by atoms with E-state index in [4.69, 9.17) is 4.99 Å². The second-order valence-electron chi connectivity index (χ2n) is 7.01. The molecule has 1 N–H and O–H groups in total. The predicted molar refractivity (Wildman–Crippen MR) is 124 cm³/mol. The van der Waals surface area contributed by atoms with Crippen LogP contribution in [0.5, 0.6) is 0 Å². The van der Waals surface area contributed by atoms with Gasteiger partial charge in [-0.05, 0) is 55.0 Å². The molecule has 3 aromatic carbocycles. The number of hydrogen-bond donors (Lipinski definition) is 1. The van der Waals surface area contributed by atoms with Crippen LogP contribution in [0.25, 0.3) is 0 Å². The maximum atomic E-state index is 14.0. The van der Waals surface area contributed by atoms with Gasteiger partial charge in [0.25, 0.3) is 5.91 Å². The van der Waals surface area contributed by atoms with Gasteiger partial charge in [0.05, 0.1) is 11.4 Å². The molecule has 0 aromatic heterocycles. The fraction of sp³-hybridized carbons (Fsp3) is 0.167. The van der Waals surface area contributed by atoms with Gasteiger partial charge in [-0.25, -0.2) is 9.38 Å². The maximum Gasteiger partial charge on any atom is 0.251 e. The van der Waals surface area contributed by atoms with Crippen molar-refractivity contribution in [3.63, 3.8) is 0 Å². The first kappa shape index (κ1) is 20.8. The van der Waals surface area contributed by atoms with E-state index in [1.807, 2.05) is 36.4 Å². The number of nitrogens with zero attached hydrogens (tertiary/aromatic N) is 1. The summed E-state index contributed by atoms with van der Waals surface area (Å²) >= 11 is 4.98. The summed E-state index contributed by atoms with van der Waals surface area (Å²) in [7, 11) is 0. The number of carbonyl (C=O) groups excluding carboxylic acids is 1. The number of aliphatic imine (C=N–C) groups is 1. The van der Waals surface area contributed by atoms with Crippen molar-refractivity contribution in [1.82, 2.24) is 5.32 Å². The van der Waals surface area contributed by atoms with E-state index in [2.05, 4.69) is 28.2 Å². The molecule has 0 saturated carbocycles. The Balaban J connectivity index is 1.81. The molecule has 0 atom stereocenters. The lowest BCUT2D eigenvalue weighted by atomic mass is 10.0. The number of nitrogens with one attached hydrogen (secondary N) is 1. The Hall–Kier alpha value is -2.44. The second-order valence-corrected chi connectivity index (χ2v) is 9.00. The third-order valence-electron chi connectivity index (χ3n) is 4.79. The third-order valence-corrected chi connectivity index (χ3v) is 6.40. The normalized spacial score (nSPS) is 12.4. The Morgan fingerprint density at radius 3 is 2.77 bits per heavy atom. The van der Waals surface area contributed by atoms with Gasteiger partial charge in [0, 0.05) is 37.5 Å². The molecular formula is C24H20BrFN2OS. The first-order valence-electron chi connectivity index (χ1n) is 9.80. The van der Waals surface area contributed by atoms with Gasteiger partial charge >= 0.3 is 0 Å². The summed E-state index contributed by atoms with van der Waals surface area (Å²) in [5.41, 5.74) is 3.81. The molecule has 0 radical (unpaired) electrons. The SMILES string of the molecule is CCCCNC(=O)c1ccc2c(c1)N=C(c1cccc(Br)c1)c1ccc(F)cc1S2. The van der Waals surface area contributed by atoms with Gasteiger partial charge < -0.3 is 5.32 Å². The van der Waals surface area contributed by atoms with Gasteiger partial charge in [0.15, 0.2) is 0 Å². The van der Waals surface area contributed by atoms with Gasteiger partial charge in [0.1, 0.15) is 5.82 Å². The van der Waals surface area contributed by atoms with Crippen molar-refractivity contribution in [3.05, 3.63) is 87.6 Å². The Labute approximate surface area is 187 Å². The number of rotatable bonds is 5. The minimum absolute atomic E-state index is 0.108. The summed E-state index contributed by atoms with van der Waals surface area (Å²) in [4.78, 5) is 19.1. The lowest BCUT2D eigenvalue weighted by Crippen LogP contribution is -2.24. The summed E-state index contributed by atoms with van der Waals surface area (Å²) in [6.45, 7) is 2.74. The molecule has 1 aliphatic heterocycles. The van der Waals surface area contributed by atoms with E-state index < -0.39 is 0 Å². The molecule has 1 amide bonds. The van der Waals surface area contributed by atoms with Gasteiger partial charge in [0.2, 0.25) is 0 Å². The highest BCUT2D eigenvalue weighted by Crippen LogP contribution is 2.42. The van der Waals surface area contributed by atoms with E-state index in [9.17, 15) is 9.18 Å². The van der Waals surface area contributed by atoms with E-state index in [1.165, 1.54) is 23.9 Å². The van der Waals surface area contributed by atoms with E-state index in [0.717, 1.165) is 43.9 Å². The standard InChI is InChI=1S/C24H20BrFN2OS/c1-2-3-11-27-24(29)16-7-10-21-20(13-16)28-23(15-5-4-6-17(25)12-15)19-9-8-18(26)14-22(19)30-21/h4-10,12-14H,2-3,11H2,1H3,(H,27,29). The van der Waals surface area contributed by atoms with Crippen molar-refractivity contribution in [1.29, 1.82) is 0 Å². The van der Waals surface area contributed by atoms with Crippen molar-refractivity contribution in [2.75, 3.05) is 6.54 Å². The third kappa shape index (κ3) is 4.50. The summed E-state index contributed by atoms with van der Waals surface area (Å²) in [6.07, 6.45) is 1.97. The van der Waals surface area contributed by atoms with E-state index >= 15 is 0 Å². The van der Waals surface area contributed by atoms with Crippen LogP contribution in [-0.2, 0) is 0 Å².